The highest BCUT2D eigenvalue weighted by Crippen LogP contribution is 2.21. The standard InChI is InChI=1S/C20H25N3O3S/c1-15-8-9-17(21)13-19(15)20(24)22-14-16-6-5-7-18(12-16)27(25,26)23-10-3-2-4-11-23/h5-9,12-13H,2-4,10-11,14,21H2,1H3,(H,22,24). The molecule has 1 amide bonds. The van der Waals surface area contributed by atoms with Crippen LogP contribution in [0.15, 0.2) is 47.4 Å². The summed E-state index contributed by atoms with van der Waals surface area (Å²) in [6, 6.07) is 12.0. The SMILES string of the molecule is Cc1ccc(N)cc1C(=O)NCc1cccc(S(=O)(=O)N2CCCCC2)c1. The fourth-order valence-electron chi connectivity index (χ4n) is 3.23. The van der Waals surface area contributed by atoms with Gasteiger partial charge in [0.1, 0.15) is 0 Å². The second kappa shape index (κ2) is 8.10. The van der Waals surface area contributed by atoms with E-state index in [0.717, 1.165) is 30.4 Å². The van der Waals surface area contributed by atoms with E-state index in [1.54, 1.807) is 40.7 Å². The molecule has 1 aliphatic rings. The van der Waals surface area contributed by atoms with E-state index in [9.17, 15) is 13.2 Å². The molecule has 3 rings (SSSR count). The topological polar surface area (TPSA) is 92.5 Å². The molecule has 1 fully saturated rings. The zero-order chi connectivity index (χ0) is 19.4. The number of carbonyl (C=O) groups excluding carboxylic acids is 1. The van der Waals surface area contributed by atoms with Crippen molar-refractivity contribution in [3.8, 4) is 0 Å². The first kappa shape index (κ1) is 19.4. The number of hydrogen-bond acceptors (Lipinski definition) is 4. The molecule has 27 heavy (non-hydrogen) atoms. The molecule has 144 valence electrons. The van der Waals surface area contributed by atoms with E-state index in [0.29, 0.717) is 24.3 Å². The number of nitrogens with one attached hydrogen (secondary N) is 1. The molecule has 1 heterocycles. The first-order valence-electron chi connectivity index (χ1n) is 9.11. The second-order valence-electron chi connectivity index (χ2n) is 6.87. The van der Waals surface area contributed by atoms with E-state index in [2.05, 4.69) is 5.32 Å². The third kappa shape index (κ3) is 4.48. The number of amides is 1. The van der Waals surface area contributed by atoms with Crippen LogP contribution in [0, 0.1) is 6.92 Å². The zero-order valence-corrected chi connectivity index (χ0v) is 16.3. The lowest BCUT2D eigenvalue weighted by atomic mass is 10.1. The maximum Gasteiger partial charge on any atom is 0.251 e. The number of carbonyl (C=O) groups is 1. The van der Waals surface area contributed by atoms with Crippen LogP contribution in [-0.4, -0.2) is 31.7 Å². The normalized spacial score (nSPS) is 15.4. The number of hydrogen-bond donors (Lipinski definition) is 2. The average Bonchev–Trinajstić information content (AvgIpc) is 2.69. The van der Waals surface area contributed by atoms with Crippen molar-refractivity contribution in [3.05, 3.63) is 59.2 Å². The molecule has 0 spiro atoms. The molecule has 2 aromatic carbocycles. The molecule has 1 aliphatic heterocycles. The van der Waals surface area contributed by atoms with Crippen LogP contribution >= 0.6 is 0 Å². The average molecular weight is 388 g/mol. The van der Waals surface area contributed by atoms with Gasteiger partial charge in [-0.1, -0.05) is 24.6 Å². The molecule has 0 atom stereocenters. The molecule has 0 unspecified atom stereocenters. The molecule has 0 aromatic heterocycles. The number of nitrogen functional groups attached to an aromatic ring is 1. The van der Waals surface area contributed by atoms with E-state index < -0.39 is 10.0 Å². The van der Waals surface area contributed by atoms with E-state index in [-0.39, 0.29) is 17.3 Å². The van der Waals surface area contributed by atoms with Crippen molar-refractivity contribution < 1.29 is 13.2 Å². The Morgan fingerprint density at radius 3 is 2.59 bits per heavy atom. The molecule has 0 bridgehead atoms. The molecule has 0 radical (unpaired) electrons. The number of benzene rings is 2. The summed E-state index contributed by atoms with van der Waals surface area (Å²) in [5.74, 6) is -0.232. The number of piperidine rings is 1. The summed E-state index contributed by atoms with van der Waals surface area (Å²) in [5, 5.41) is 2.84. The van der Waals surface area contributed by atoms with E-state index >= 15 is 0 Å². The fraction of sp³-hybridized carbons (Fsp3) is 0.350. The highest BCUT2D eigenvalue weighted by atomic mass is 32.2. The maximum atomic E-state index is 12.8. The van der Waals surface area contributed by atoms with Gasteiger partial charge in [-0.25, -0.2) is 8.42 Å². The summed E-state index contributed by atoms with van der Waals surface area (Å²) in [7, 11) is -3.48. The van der Waals surface area contributed by atoms with Gasteiger partial charge in [-0.15, -0.1) is 0 Å². The minimum absolute atomic E-state index is 0.232. The van der Waals surface area contributed by atoms with Crippen LogP contribution in [0.25, 0.3) is 0 Å². The number of aryl methyl sites for hydroxylation is 1. The van der Waals surface area contributed by atoms with Gasteiger partial charge in [-0.3, -0.25) is 4.79 Å². The van der Waals surface area contributed by atoms with Crippen molar-refractivity contribution in [2.45, 2.75) is 37.6 Å². The van der Waals surface area contributed by atoms with Gasteiger partial charge in [-0.05, 0) is 55.2 Å². The third-order valence-electron chi connectivity index (χ3n) is 4.81. The lowest BCUT2D eigenvalue weighted by Gasteiger charge is -2.26. The van der Waals surface area contributed by atoms with Crippen molar-refractivity contribution in [1.29, 1.82) is 0 Å². The van der Waals surface area contributed by atoms with Gasteiger partial charge in [0.2, 0.25) is 10.0 Å². The summed E-state index contributed by atoms with van der Waals surface area (Å²) in [5.41, 5.74) is 8.38. The molecule has 1 saturated heterocycles. The number of nitrogens with zero attached hydrogens (tertiary/aromatic N) is 1. The maximum absolute atomic E-state index is 12.8. The Balaban J connectivity index is 1.72. The van der Waals surface area contributed by atoms with Crippen LogP contribution in [0.2, 0.25) is 0 Å². The molecule has 7 heteroatoms. The molecule has 3 N–H and O–H groups in total. The number of rotatable bonds is 5. The first-order valence-corrected chi connectivity index (χ1v) is 10.6. The van der Waals surface area contributed by atoms with Crippen molar-refractivity contribution in [1.82, 2.24) is 9.62 Å². The van der Waals surface area contributed by atoms with E-state index in [1.807, 2.05) is 13.0 Å². The van der Waals surface area contributed by atoms with Gasteiger partial charge < -0.3 is 11.1 Å². The predicted octanol–water partition coefficient (Wildman–Crippen LogP) is 2.68. The summed E-state index contributed by atoms with van der Waals surface area (Å²) in [6.45, 7) is 3.23. The van der Waals surface area contributed by atoms with E-state index in [1.165, 1.54) is 0 Å². The van der Waals surface area contributed by atoms with Crippen molar-refractivity contribution in [2.75, 3.05) is 18.8 Å². The van der Waals surface area contributed by atoms with Gasteiger partial charge in [-0.2, -0.15) is 4.31 Å². The van der Waals surface area contributed by atoms with Crippen LogP contribution in [0.1, 0.15) is 40.7 Å². The van der Waals surface area contributed by atoms with Crippen LogP contribution in [0.5, 0.6) is 0 Å². The summed E-state index contributed by atoms with van der Waals surface area (Å²) < 4.78 is 27.2. The molecule has 2 aromatic rings. The minimum atomic E-state index is -3.48. The first-order chi connectivity index (χ1) is 12.9. The highest BCUT2D eigenvalue weighted by molar-refractivity contribution is 7.89. The Morgan fingerprint density at radius 2 is 1.85 bits per heavy atom. The number of sulfonamides is 1. The molecule has 0 saturated carbocycles. The van der Waals surface area contributed by atoms with Gasteiger partial charge in [0.25, 0.3) is 5.91 Å². The minimum Gasteiger partial charge on any atom is -0.399 e. The fourth-order valence-corrected chi connectivity index (χ4v) is 4.82. The van der Waals surface area contributed by atoms with Gasteiger partial charge >= 0.3 is 0 Å². The monoisotopic (exact) mass is 387 g/mol. The summed E-state index contributed by atoms with van der Waals surface area (Å²) in [6.07, 6.45) is 2.87. The molecular weight excluding hydrogens is 362 g/mol. The summed E-state index contributed by atoms with van der Waals surface area (Å²) >= 11 is 0. The lowest BCUT2D eigenvalue weighted by molar-refractivity contribution is 0.0950. The van der Waals surface area contributed by atoms with Crippen molar-refractivity contribution in [3.63, 3.8) is 0 Å². The lowest BCUT2D eigenvalue weighted by Crippen LogP contribution is -2.35. The van der Waals surface area contributed by atoms with Crippen LogP contribution in [0.3, 0.4) is 0 Å². The van der Waals surface area contributed by atoms with Crippen LogP contribution in [0.4, 0.5) is 5.69 Å². The predicted molar refractivity (Wildman–Crippen MR) is 106 cm³/mol. The van der Waals surface area contributed by atoms with Crippen molar-refractivity contribution in [2.24, 2.45) is 0 Å². The Labute approximate surface area is 160 Å². The van der Waals surface area contributed by atoms with Gasteiger partial charge in [0.05, 0.1) is 4.90 Å². The van der Waals surface area contributed by atoms with Gasteiger partial charge in [0.15, 0.2) is 0 Å². The zero-order valence-electron chi connectivity index (χ0n) is 15.4. The Kier molecular flexibility index (Phi) is 5.82. The van der Waals surface area contributed by atoms with Crippen LogP contribution in [-0.2, 0) is 16.6 Å². The summed E-state index contributed by atoms with van der Waals surface area (Å²) in [4.78, 5) is 12.7. The number of anilines is 1. The Morgan fingerprint density at radius 1 is 1.11 bits per heavy atom. The number of nitrogens with two attached hydrogens (primary N) is 1. The quantitative estimate of drug-likeness (QED) is 0.772. The molecule has 0 aliphatic carbocycles. The molecular formula is C20H25N3O3S. The highest BCUT2D eigenvalue weighted by Gasteiger charge is 2.25. The second-order valence-corrected chi connectivity index (χ2v) is 8.81. The van der Waals surface area contributed by atoms with Crippen molar-refractivity contribution >= 4 is 21.6 Å². The van der Waals surface area contributed by atoms with E-state index in [4.69, 9.17) is 5.73 Å². The largest absolute Gasteiger partial charge is 0.399 e. The Bertz CT molecular complexity index is 935. The molecule has 6 nitrogen and oxygen atoms in total. The Hall–Kier alpha value is -2.38. The third-order valence-corrected chi connectivity index (χ3v) is 6.71. The van der Waals surface area contributed by atoms with Crippen LogP contribution < -0.4 is 11.1 Å². The van der Waals surface area contributed by atoms with Gasteiger partial charge in [0, 0.05) is 30.9 Å². The smallest absolute Gasteiger partial charge is 0.251 e.